The van der Waals surface area contributed by atoms with E-state index in [2.05, 4.69) is 0 Å². The number of ketones is 1. The van der Waals surface area contributed by atoms with Gasteiger partial charge in [-0.25, -0.2) is 0 Å². The lowest BCUT2D eigenvalue weighted by atomic mass is 9.86. The first-order valence-electron chi connectivity index (χ1n) is 10.9. The molecule has 0 aliphatic heterocycles. The van der Waals surface area contributed by atoms with Crippen molar-refractivity contribution in [1.82, 2.24) is 10.6 Å². The Bertz CT molecular complexity index is 1130. The van der Waals surface area contributed by atoms with Gasteiger partial charge in [0, 0.05) is 12.0 Å². The van der Waals surface area contributed by atoms with Crippen molar-refractivity contribution >= 4 is 17.6 Å². The van der Waals surface area contributed by atoms with Crippen LogP contribution >= 0.6 is 0 Å². The Morgan fingerprint density at radius 2 is 1.19 bits per heavy atom. The molecule has 194 valence electrons. The molecule has 0 spiro atoms. The number of fused-ring (bicyclic) bond motifs is 2. The fourth-order valence-corrected chi connectivity index (χ4v) is 4.17. The maximum absolute atomic E-state index is 12.2. The molecule has 0 heterocycles. The van der Waals surface area contributed by atoms with E-state index in [1.807, 2.05) is 10.6 Å². The van der Waals surface area contributed by atoms with Gasteiger partial charge in [0.1, 0.15) is 0 Å². The molecule has 0 unspecified atom stereocenters. The average molecular weight is 516 g/mol. The lowest BCUT2D eigenvalue weighted by Gasteiger charge is -2.29. The first-order chi connectivity index (χ1) is 16.8. The minimum atomic E-state index is -4.91. The molecule has 4 rings (SSSR count). The number of hydrogen-bond acceptors (Lipinski definition) is 4. The number of hydrogen-bond donors (Lipinski definition) is 3. The third kappa shape index (κ3) is 6.42. The second kappa shape index (κ2) is 10.7. The molecular formula is C24H22F6N2O4. The molecule has 0 saturated heterocycles. The Morgan fingerprint density at radius 1 is 0.722 bits per heavy atom. The number of nitrogens with one attached hydrogen (secondary N) is 2. The van der Waals surface area contributed by atoms with E-state index in [0.29, 0.717) is 35.1 Å². The number of halogens is 6. The molecule has 3 atom stereocenters. The quantitative estimate of drug-likeness (QED) is 0.508. The first-order valence-corrected chi connectivity index (χ1v) is 10.9. The van der Waals surface area contributed by atoms with Gasteiger partial charge in [-0.1, -0.05) is 48.5 Å². The van der Waals surface area contributed by atoms with Crippen LogP contribution in [0, 0.1) is 0 Å². The van der Waals surface area contributed by atoms with Crippen molar-refractivity contribution in [2.45, 2.75) is 56.2 Å². The monoisotopic (exact) mass is 516 g/mol. The van der Waals surface area contributed by atoms with Gasteiger partial charge in [0.2, 0.25) is 0 Å². The molecule has 0 saturated carbocycles. The zero-order valence-electron chi connectivity index (χ0n) is 18.6. The highest BCUT2D eigenvalue weighted by atomic mass is 19.4. The highest BCUT2D eigenvalue weighted by Crippen LogP contribution is 2.36. The van der Waals surface area contributed by atoms with E-state index in [1.165, 1.54) is 0 Å². The lowest BCUT2D eigenvalue weighted by molar-refractivity contribution is -0.174. The second-order valence-electron chi connectivity index (χ2n) is 8.32. The topological polar surface area (TPSA) is 95.5 Å². The summed E-state index contributed by atoms with van der Waals surface area (Å²) in [6.07, 6.45) is -9.51. The number of carbonyl (C=O) groups excluding carboxylic acids is 3. The minimum absolute atomic E-state index is 0.108. The van der Waals surface area contributed by atoms with Crippen LogP contribution in [0.25, 0.3) is 0 Å². The molecular weight excluding hydrogens is 494 g/mol. The highest BCUT2D eigenvalue weighted by Gasteiger charge is 2.41. The Balaban J connectivity index is 0.000000201. The summed E-state index contributed by atoms with van der Waals surface area (Å²) in [5, 5.41) is 13.6. The van der Waals surface area contributed by atoms with Crippen LogP contribution in [0.4, 0.5) is 26.3 Å². The fraction of sp³-hybridized carbons (Fsp3) is 0.375. The Hall–Kier alpha value is -3.41. The zero-order valence-corrected chi connectivity index (χ0v) is 18.6. The van der Waals surface area contributed by atoms with Crippen LogP contribution in [-0.4, -0.2) is 35.1 Å². The number of aliphatic hydroxyl groups excluding tert-OH is 1. The number of rotatable bonds is 2. The molecule has 2 aliphatic rings. The maximum Gasteiger partial charge on any atom is 0.471 e. The molecule has 2 aliphatic carbocycles. The summed E-state index contributed by atoms with van der Waals surface area (Å²) in [6.45, 7) is 0. The molecule has 6 nitrogen and oxygen atoms in total. The van der Waals surface area contributed by atoms with Crippen molar-refractivity contribution in [3.63, 3.8) is 0 Å². The summed E-state index contributed by atoms with van der Waals surface area (Å²) in [6, 6.07) is 11.6. The van der Waals surface area contributed by atoms with Crippen molar-refractivity contribution < 1.29 is 45.8 Å². The van der Waals surface area contributed by atoms with E-state index < -0.39 is 42.4 Å². The maximum atomic E-state index is 12.2. The Kier molecular flexibility index (Phi) is 8.07. The van der Waals surface area contributed by atoms with Gasteiger partial charge in [-0.05, 0) is 36.0 Å². The SMILES string of the molecule is O=C(N[C@@H]1CC[C@@H](O)c2ccccc21)C(F)(F)F.O=C1CC[C@@H](NC(=O)C(F)(F)F)c2ccccc21. The summed E-state index contributed by atoms with van der Waals surface area (Å²) in [5.74, 6) is -4.03. The van der Waals surface area contributed by atoms with Gasteiger partial charge in [-0.3, -0.25) is 14.4 Å². The van der Waals surface area contributed by atoms with Gasteiger partial charge in [0.25, 0.3) is 0 Å². The van der Waals surface area contributed by atoms with E-state index >= 15 is 0 Å². The number of Topliss-reactive ketones (excluding diaryl/α,β-unsaturated/α-hetero) is 1. The van der Waals surface area contributed by atoms with Crippen LogP contribution < -0.4 is 10.6 Å². The Morgan fingerprint density at radius 3 is 1.75 bits per heavy atom. The third-order valence-corrected chi connectivity index (χ3v) is 5.88. The minimum Gasteiger partial charge on any atom is -0.388 e. The standard InChI is InChI=1S/C12H12F3NO2.C12H10F3NO2/c2*13-12(14,15)11(18)16-9-5-6-10(17)8-4-2-1-3-7(8)9/h1-4,9-10,17H,5-6H2,(H,16,18);1-4,9H,5-6H2,(H,16,18)/t9-,10-;9-/m11/s1. The van der Waals surface area contributed by atoms with Crippen LogP contribution in [0.1, 0.15) is 70.9 Å². The molecule has 0 aromatic heterocycles. The molecule has 2 aromatic rings. The predicted molar refractivity (Wildman–Crippen MR) is 115 cm³/mol. The van der Waals surface area contributed by atoms with Crippen molar-refractivity contribution in [3.05, 3.63) is 70.8 Å². The fourth-order valence-electron chi connectivity index (χ4n) is 4.17. The molecule has 2 aromatic carbocycles. The molecule has 36 heavy (non-hydrogen) atoms. The molecule has 2 amide bonds. The molecule has 0 bridgehead atoms. The second-order valence-corrected chi connectivity index (χ2v) is 8.32. The molecule has 0 radical (unpaired) electrons. The summed E-state index contributed by atoms with van der Waals surface area (Å²) in [7, 11) is 0. The van der Waals surface area contributed by atoms with E-state index in [1.54, 1.807) is 48.5 Å². The molecule has 12 heteroatoms. The predicted octanol–water partition coefficient (Wildman–Crippen LogP) is 4.62. The average Bonchev–Trinajstić information content (AvgIpc) is 2.82. The molecule has 0 fully saturated rings. The first kappa shape index (κ1) is 27.2. The van der Waals surface area contributed by atoms with Crippen molar-refractivity contribution in [2.75, 3.05) is 0 Å². The number of alkyl halides is 6. The van der Waals surface area contributed by atoms with E-state index in [4.69, 9.17) is 0 Å². The van der Waals surface area contributed by atoms with Crippen molar-refractivity contribution in [2.24, 2.45) is 0 Å². The van der Waals surface area contributed by atoms with Gasteiger partial charge in [0.15, 0.2) is 5.78 Å². The summed E-state index contributed by atoms with van der Waals surface area (Å²) >= 11 is 0. The van der Waals surface area contributed by atoms with Crippen LogP contribution in [0.3, 0.4) is 0 Å². The summed E-state index contributed by atoms with van der Waals surface area (Å²) in [5.41, 5.74) is 1.97. The number of benzene rings is 2. The number of carbonyl (C=O) groups is 3. The van der Waals surface area contributed by atoms with Crippen LogP contribution in [0.15, 0.2) is 48.5 Å². The van der Waals surface area contributed by atoms with Gasteiger partial charge in [-0.2, -0.15) is 26.3 Å². The summed E-state index contributed by atoms with van der Waals surface area (Å²) < 4.78 is 73.1. The zero-order chi connectivity index (χ0) is 26.7. The summed E-state index contributed by atoms with van der Waals surface area (Å²) in [4.78, 5) is 33.4. The number of aliphatic hydroxyl groups is 1. The normalized spacial score (nSPS) is 21.3. The van der Waals surface area contributed by atoms with Gasteiger partial charge < -0.3 is 15.7 Å². The third-order valence-electron chi connectivity index (χ3n) is 5.88. The van der Waals surface area contributed by atoms with Gasteiger partial charge in [0.05, 0.1) is 18.2 Å². The largest absolute Gasteiger partial charge is 0.471 e. The van der Waals surface area contributed by atoms with Crippen molar-refractivity contribution in [1.29, 1.82) is 0 Å². The van der Waals surface area contributed by atoms with E-state index in [-0.39, 0.29) is 18.6 Å². The van der Waals surface area contributed by atoms with Crippen molar-refractivity contribution in [3.8, 4) is 0 Å². The lowest BCUT2D eigenvalue weighted by Crippen LogP contribution is -2.40. The highest BCUT2D eigenvalue weighted by molar-refractivity contribution is 5.99. The van der Waals surface area contributed by atoms with E-state index in [9.17, 15) is 45.8 Å². The Labute approximate surface area is 201 Å². The van der Waals surface area contributed by atoms with Crippen LogP contribution in [-0.2, 0) is 9.59 Å². The smallest absolute Gasteiger partial charge is 0.388 e. The van der Waals surface area contributed by atoms with Crippen LogP contribution in [0.5, 0.6) is 0 Å². The molecule has 3 N–H and O–H groups in total. The van der Waals surface area contributed by atoms with Crippen LogP contribution in [0.2, 0.25) is 0 Å². The van der Waals surface area contributed by atoms with Gasteiger partial charge in [-0.15, -0.1) is 0 Å². The van der Waals surface area contributed by atoms with Gasteiger partial charge >= 0.3 is 24.2 Å². The van der Waals surface area contributed by atoms with E-state index in [0.717, 1.165) is 0 Å². The number of amides is 2.